The molecule has 3 aromatic carbocycles. The molecule has 26 heavy (non-hydrogen) atoms. The van der Waals surface area contributed by atoms with Crippen LogP contribution < -0.4 is 0 Å². The van der Waals surface area contributed by atoms with E-state index in [1.807, 2.05) is 24.3 Å². The molecule has 0 aliphatic carbocycles. The number of halogens is 1. The summed E-state index contributed by atoms with van der Waals surface area (Å²) in [6.45, 7) is 2.06. The molecule has 0 aliphatic heterocycles. The Bertz CT molecular complexity index is 845. The van der Waals surface area contributed by atoms with Crippen LogP contribution in [0.2, 0.25) is 0 Å². The van der Waals surface area contributed by atoms with Crippen molar-refractivity contribution in [3.8, 4) is 11.5 Å². The van der Waals surface area contributed by atoms with Gasteiger partial charge in [-0.3, -0.25) is 0 Å². The molecule has 132 valence electrons. The molecule has 0 unspecified atom stereocenters. The van der Waals surface area contributed by atoms with Crippen molar-refractivity contribution in [3.63, 3.8) is 0 Å². The molecule has 0 bridgehead atoms. The predicted molar refractivity (Wildman–Crippen MR) is 109 cm³/mol. The van der Waals surface area contributed by atoms with E-state index in [0.29, 0.717) is 12.3 Å². The molecule has 0 saturated heterocycles. The number of hydrogen-bond donors (Lipinski definition) is 2. The van der Waals surface area contributed by atoms with E-state index in [4.69, 9.17) is 11.6 Å². The molecule has 3 heteroatoms. The van der Waals surface area contributed by atoms with Gasteiger partial charge in [0.15, 0.2) is 0 Å². The van der Waals surface area contributed by atoms with Gasteiger partial charge >= 0.3 is 0 Å². The van der Waals surface area contributed by atoms with Gasteiger partial charge in [-0.25, -0.2) is 0 Å². The third kappa shape index (κ3) is 4.09. The smallest absolute Gasteiger partial charge is 0.115 e. The lowest BCUT2D eigenvalue weighted by Gasteiger charge is -2.17. The van der Waals surface area contributed by atoms with Gasteiger partial charge in [0.2, 0.25) is 0 Å². The van der Waals surface area contributed by atoms with Gasteiger partial charge in [-0.05, 0) is 65.4 Å². The van der Waals surface area contributed by atoms with Gasteiger partial charge in [-0.1, -0.05) is 54.1 Å². The van der Waals surface area contributed by atoms with E-state index in [1.165, 1.54) is 5.56 Å². The lowest BCUT2D eigenvalue weighted by atomic mass is 9.88. The van der Waals surface area contributed by atoms with Crippen LogP contribution >= 0.6 is 11.6 Å². The normalized spacial score (nSPS) is 11.9. The molecular formula is C23H21ClO2. The highest BCUT2D eigenvalue weighted by Crippen LogP contribution is 2.35. The maximum atomic E-state index is 9.67. The summed E-state index contributed by atoms with van der Waals surface area (Å²) in [5.74, 6) is 0.963. The molecule has 0 spiro atoms. The molecule has 0 aliphatic rings. The molecule has 0 fully saturated rings. The second kappa shape index (κ2) is 8.11. The Labute approximate surface area is 159 Å². The second-order valence-electron chi connectivity index (χ2n) is 6.25. The molecule has 0 aromatic heterocycles. The standard InChI is InChI=1S/C23H21ClO2/c1-16-2-4-18(5-3-16)23(19-8-12-21(26)13-9-19)22(14-15-24)17-6-10-20(25)11-7-17/h2-13,25-26H,14-15H2,1H3/b23-22+. The minimum absolute atomic E-state index is 0.237. The number of rotatable bonds is 5. The summed E-state index contributed by atoms with van der Waals surface area (Å²) >= 11 is 6.12. The number of benzene rings is 3. The van der Waals surface area contributed by atoms with Gasteiger partial charge in [0.25, 0.3) is 0 Å². The van der Waals surface area contributed by atoms with Crippen LogP contribution in [0, 0.1) is 6.92 Å². The number of phenolic OH excluding ortho intramolecular Hbond substituents is 2. The number of alkyl halides is 1. The van der Waals surface area contributed by atoms with Crippen molar-refractivity contribution in [1.82, 2.24) is 0 Å². The first-order valence-corrected chi connectivity index (χ1v) is 9.07. The highest BCUT2D eigenvalue weighted by Gasteiger charge is 2.14. The van der Waals surface area contributed by atoms with E-state index in [1.54, 1.807) is 24.3 Å². The molecule has 0 amide bonds. The van der Waals surface area contributed by atoms with Gasteiger partial charge in [0.05, 0.1) is 0 Å². The fourth-order valence-electron chi connectivity index (χ4n) is 3.03. The molecular weight excluding hydrogens is 344 g/mol. The Balaban J connectivity index is 2.26. The van der Waals surface area contributed by atoms with E-state index >= 15 is 0 Å². The van der Waals surface area contributed by atoms with Crippen molar-refractivity contribution in [2.24, 2.45) is 0 Å². The summed E-state index contributed by atoms with van der Waals surface area (Å²) < 4.78 is 0. The van der Waals surface area contributed by atoms with Gasteiger partial charge < -0.3 is 10.2 Å². The molecule has 2 N–H and O–H groups in total. The Morgan fingerprint density at radius 3 is 1.58 bits per heavy atom. The fraction of sp³-hybridized carbons (Fsp3) is 0.130. The minimum Gasteiger partial charge on any atom is -0.508 e. The number of aryl methyl sites for hydroxylation is 1. The topological polar surface area (TPSA) is 40.5 Å². The molecule has 3 rings (SSSR count). The third-order valence-corrected chi connectivity index (χ3v) is 4.55. The first kappa shape index (κ1) is 18.1. The van der Waals surface area contributed by atoms with Crippen molar-refractivity contribution in [1.29, 1.82) is 0 Å². The summed E-state index contributed by atoms with van der Waals surface area (Å²) in [6, 6.07) is 22.8. The highest BCUT2D eigenvalue weighted by molar-refractivity contribution is 6.18. The molecule has 2 nitrogen and oxygen atoms in total. The third-order valence-electron chi connectivity index (χ3n) is 4.36. The van der Waals surface area contributed by atoms with E-state index in [9.17, 15) is 10.2 Å². The van der Waals surface area contributed by atoms with Crippen LogP contribution in [0.1, 0.15) is 28.7 Å². The Morgan fingerprint density at radius 1 is 0.692 bits per heavy atom. The van der Waals surface area contributed by atoms with E-state index in [2.05, 4.69) is 31.2 Å². The molecule has 0 heterocycles. The lowest BCUT2D eigenvalue weighted by Crippen LogP contribution is -1.96. The van der Waals surface area contributed by atoms with Crippen LogP contribution in [0.3, 0.4) is 0 Å². The zero-order valence-electron chi connectivity index (χ0n) is 14.6. The van der Waals surface area contributed by atoms with Crippen molar-refractivity contribution in [2.45, 2.75) is 13.3 Å². The van der Waals surface area contributed by atoms with Gasteiger partial charge in [-0.15, -0.1) is 11.6 Å². The zero-order chi connectivity index (χ0) is 18.5. The van der Waals surface area contributed by atoms with Crippen LogP contribution in [-0.4, -0.2) is 16.1 Å². The van der Waals surface area contributed by atoms with Crippen LogP contribution in [-0.2, 0) is 0 Å². The van der Waals surface area contributed by atoms with Crippen LogP contribution in [0.5, 0.6) is 11.5 Å². The van der Waals surface area contributed by atoms with Crippen LogP contribution in [0.15, 0.2) is 72.8 Å². The summed E-state index contributed by atoms with van der Waals surface area (Å²) in [6.07, 6.45) is 0.691. The molecule has 3 aromatic rings. The maximum absolute atomic E-state index is 9.67. The monoisotopic (exact) mass is 364 g/mol. The van der Waals surface area contributed by atoms with Crippen molar-refractivity contribution >= 4 is 22.7 Å². The number of aromatic hydroxyl groups is 2. The van der Waals surface area contributed by atoms with Crippen LogP contribution in [0.4, 0.5) is 0 Å². The first-order chi connectivity index (χ1) is 12.6. The predicted octanol–water partition coefficient (Wildman–Crippen LogP) is 5.99. The average molecular weight is 365 g/mol. The summed E-state index contributed by atoms with van der Waals surface area (Å²) in [5.41, 5.74) is 6.51. The lowest BCUT2D eigenvalue weighted by molar-refractivity contribution is 0.474. The van der Waals surface area contributed by atoms with Crippen molar-refractivity contribution in [2.75, 3.05) is 5.88 Å². The maximum Gasteiger partial charge on any atom is 0.115 e. The Hall–Kier alpha value is -2.71. The largest absolute Gasteiger partial charge is 0.508 e. The van der Waals surface area contributed by atoms with E-state index < -0.39 is 0 Å². The van der Waals surface area contributed by atoms with Gasteiger partial charge in [0.1, 0.15) is 11.5 Å². The quantitative estimate of drug-likeness (QED) is 0.431. The molecule has 0 atom stereocenters. The van der Waals surface area contributed by atoms with Gasteiger partial charge in [-0.2, -0.15) is 0 Å². The SMILES string of the molecule is Cc1ccc(/C(=C(/CCCl)c2ccc(O)cc2)c2ccc(O)cc2)cc1. The highest BCUT2D eigenvalue weighted by atomic mass is 35.5. The number of allylic oxidation sites excluding steroid dienone is 1. The summed E-state index contributed by atoms with van der Waals surface area (Å²) in [4.78, 5) is 0. The average Bonchev–Trinajstić information content (AvgIpc) is 2.65. The first-order valence-electron chi connectivity index (χ1n) is 8.53. The summed E-state index contributed by atoms with van der Waals surface area (Å²) in [7, 11) is 0. The Kier molecular flexibility index (Phi) is 5.65. The zero-order valence-corrected chi connectivity index (χ0v) is 15.4. The van der Waals surface area contributed by atoms with Crippen LogP contribution in [0.25, 0.3) is 11.1 Å². The van der Waals surface area contributed by atoms with Gasteiger partial charge in [0, 0.05) is 5.88 Å². The van der Waals surface area contributed by atoms with Crippen molar-refractivity contribution in [3.05, 3.63) is 95.1 Å². The molecule has 0 radical (unpaired) electrons. The minimum atomic E-state index is 0.237. The number of phenols is 2. The van der Waals surface area contributed by atoms with E-state index in [-0.39, 0.29) is 11.5 Å². The number of hydrogen-bond acceptors (Lipinski definition) is 2. The fourth-order valence-corrected chi connectivity index (χ4v) is 3.22. The second-order valence-corrected chi connectivity index (χ2v) is 6.63. The molecule has 0 saturated carbocycles. The van der Waals surface area contributed by atoms with E-state index in [0.717, 1.165) is 27.8 Å². The summed E-state index contributed by atoms with van der Waals surface area (Å²) in [5, 5.41) is 19.3. The Morgan fingerprint density at radius 2 is 1.12 bits per heavy atom. The van der Waals surface area contributed by atoms with Crippen molar-refractivity contribution < 1.29 is 10.2 Å².